The third-order valence-corrected chi connectivity index (χ3v) is 4.24. The summed E-state index contributed by atoms with van der Waals surface area (Å²) < 4.78 is 1.91. The molecule has 5 heteroatoms. The van der Waals surface area contributed by atoms with Gasteiger partial charge in [0.1, 0.15) is 6.54 Å². The maximum atomic E-state index is 12.6. The topological polar surface area (TPSA) is 58.4 Å². The number of hydrogen-bond donors (Lipinski definition) is 1. The van der Waals surface area contributed by atoms with E-state index >= 15 is 0 Å². The van der Waals surface area contributed by atoms with Crippen LogP contribution in [-0.4, -0.2) is 44.7 Å². The van der Waals surface area contributed by atoms with Gasteiger partial charge in [-0.25, -0.2) is 4.98 Å². The molecule has 1 fully saturated rings. The molecule has 0 radical (unpaired) electrons. The highest BCUT2D eigenvalue weighted by atomic mass is 16.3. The average molecular weight is 287 g/mol. The van der Waals surface area contributed by atoms with Gasteiger partial charge in [0.2, 0.25) is 5.91 Å². The molecule has 112 valence electrons. The Morgan fingerprint density at radius 3 is 3.05 bits per heavy atom. The largest absolute Gasteiger partial charge is 0.396 e. The minimum Gasteiger partial charge on any atom is -0.396 e. The van der Waals surface area contributed by atoms with Crippen molar-refractivity contribution in [3.8, 4) is 0 Å². The number of carbonyl (C=O) groups excluding carboxylic acids is 1. The summed E-state index contributed by atoms with van der Waals surface area (Å²) in [6.07, 6.45) is 5.60. The first-order valence-corrected chi connectivity index (χ1v) is 7.60. The highest BCUT2D eigenvalue weighted by molar-refractivity contribution is 5.80. The zero-order chi connectivity index (χ0) is 14.7. The van der Waals surface area contributed by atoms with Crippen molar-refractivity contribution < 1.29 is 9.90 Å². The van der Waals surface area contributed by atoms with Gasteiger partial charge in [0.25, 0.3) is 0 Å². The van der Waals surface area contributed by atoms with Gasteiger partial charge in [-0.15, -0.1) is 0 Å². The van der Waals surface area contributed by atoms with E-state index in [-0.39, 0.29) is 18.6 Å². The molecule has 0 saturated carbocycles. The minimum atomic E-state index is 0.122. The molecule has 2 heterocycles. The van der Waals surface area contributed by atoms with Gasteiger partial charge in [-0.2, -0.15) is 0 Å². The summed E-state index contributed by atoms with van der Waals surface area (Å²) in [4.78, 5) is 18.9. The fraction of sp³-hybridized carbons (Fsp3) is 0.500. The van der Waals surface area contributed by atoms with Gasteiger partial charge in [0.15, 0.2) is 0 Å². The second kappa shape index (κ2) is 6.26. The number of aromatic nitrogens is 2. The quantitative estimate of drug-likeness (QED) is 0.933. The van der Waals surface area contributed by atoms with E-state index in [2.05, 4.69) is 4.98 Å². The van der Waals surface area contributed by atoms with Gasteiger partial charge in [0, 0.05) is 19.2 Å². The Morgan fingerprint density at radius 2 is 2.19 bits per heavy atom. The van der Waals surface area contributed by atoms with Gasteiger partial charge >= 0.3 is 0 Å². The summed E-state index contributed by atoms with van der Waals surface area (Å²) in [6, 6.07) is 8.03. The Kier molecular flexibility index (Phi) is 4.20. The third kappa shape index (κ3) is 2.93. The number of para-hydroxylation sites is 2. The lowest BCUT2D eigenvalue weighted by Gasteiger charge is -2.35. The summed E-state index contributed by atoms with van der Waals surface area (Å²) in [5.41, 5.74) is 1.90. The number of benzene rings is 1. The van der Waals surface area contributed by atoms with Crippen LogP contribution in [0.4, 0.5) is 0 Å². The van der Waals surface area contributed by atoms with E-state index in [0.717, 1.165) is 36.8 Å². The van der Waals surface area contributed by atoms with E-state index in [4.69, 9.17) is 5.11 Å². The number of nitrogens with zero attached hydrogens (tertiary/aromatic N) is 3. The Labute approximate surface area is 124 Å². The lowest BCUT2D eigenvalue weighted by Crippen LogP contribution is -2.45. The van der Waals surface area contributed by atoms with Crippen molar-refractivity contribution in [2.75, 3.05) is 13.2 Å². The maximum Gasteiger partial charge on any atom is 0.242 e. The standard InChI is InChI=1S/C16H21N3O2/c20-10-8-13-5-3-4-9-19(13)16(21)11-18-12-17-14-6-1-2-7-15(14)18/h1-2,6-7,12-13,20H,3-5,8-11H2. The first-order chi connectivity index (χ1) is 10.3. The summed E-state index contributed by atoms with van der Waals surface area (Å²) in [6.45, 7) is 1.26. The van der Waals surface area contributed by atoms with Crippen molar-refractivity contribution >= 4 is 16.9 Å². The van der Waals surface area contributed by atoms with Gasteiger partial charge < -0.3 is 14.6 Å². The zero-order valence-electron chi connectivity index (χ0n) is 12.1. The Hall–Kier alpha value is -1.88. The monoisotopic (exact) mass is 287 g/mol. The minimum absolute atomic E-state index is 0.122. The van der Waals surface area contributed by atoms with Crippen LogP contribution in [0.1, 0.15) is 25.7 Å². The number of likely N-dealkylation sites (tertiary alicyclic amines) is 1. The van der Waals surface area contributed by atoms with Gasteiger partial charge in [-0.05, 0) is 37.8 Å². The van der Waals surface area contributed by atoms with Crippen LogP contribution >= 0.6 is 0 Å². The van der Waals surface area contributed by atoms with Crippen LogP contribution in [0.15, 0.2) is 30.6 Å². The predicted molar refractivity (Wildman–Crippen MR) is 80.8 cm³/mol. The van der Waals surface area contributed by atoms with Gasteiger partial charge in [-0.1, -0.05) is 12.1 Å². The molecular weight excluding hydrogens is 266 g/mol. The number of aliphatic hydroxyl groups is 1. The molecule has 1 aliphatic rings. The molecule has 0 bridgehead atoms. The lowest BCUT2D eigenvalue weighted by atomic mass is 9.99. The van der Waals surface area contributed by atoms with Crippen LogP contribution in [0.25, 0.3) is 11.0 Å². The summed E-state index contributed by atoms with van der Waals surface area (Å²) in [5, 5.41) is 9.16. The molecule has 0 aliphatic carbocycles. The first-order valence-electron chi connectivity index (χ1n) is 7.60. The van der Waals surface area contributed by atoms with E-state index < -0.39 is 0 Å². The first kappa shape index (κ1) is 14.1. The van der Waals surface area contributed by atoms with Gasteiger partial charge in [0.05, 0.1) is 17.4 Å². The fourth-order valence-corrected chi connectivity index (χ4v) is 3.15. The van der Waals surface area contributed by atoms with Crippen LogP contribution in [-0.2, 0) is 11.3 Å². The van der Waals surface area contributed by atoms with Crippen LogP contribution in [0.3, 0.4) is 0 Å². The number of carbonyl (C=O) groups is 1. The van der Waals surface area contributed by atoms with E-state index in [1.165, 1.54) is 0 Å². The van der Waals surface area contributed by atoms with Gasteiger partial charge in [-0.3, -0.25) is 4.79 Å². The number of piperidine rings is 1. The van der Waals surface area contributed by atoms with Crippen LogP contribution in [0.5, 0.6) is 0 Å². The van der Waals surface area contributed by atoms with Crippen molar-refractivity contribution in [2.24, 2.45) is 0 Å². The average Bonchev–Trinajstić information content (AvgIpc) is 2.91. The molecule has 1 N–H and O–H groups in total. The smallest absolute Gasteiger partial charge is 0.242 e. The molecule has 1 aliphatic heterocycles. The normalized spacial score (nSPS) is 19.1. The maximum absolute atomic E-state index is 12.6. The third-order valence-electron chi connectivity index (χ3n) is 4.24. The molecule has 1 amide bonds. The fourth-order valence-electron chi connectivity index (χ4n) is 3.15. The Morgan fingerprint density at radius 1 is 1.33 bits per heavy atom. The molecule has 1 aromatic carbocycles. The van der Waals surface area contributed by atoms with E-state index in [1.807, 2.05) is 33.7 Å². The molecule has 3 rings (SSSR count). The van der Waals surface area contributed by atoms with Crippen molar-refractivity contribution in [3.05, 3.63) is 30.6 Å². The van der Waals surface area contributed by atoms with E-state index in [1.54, 1.807) is 6.33 Å². The van der Waals surface area contributed by atoms with Crippen molar-refractivity contribution in [1.29, 1.82) is 0 Å². The van der Waals surface area contributed by atoms with Crippen molar-refractivity contribution in [3.63, 3.8) is 0 Å². The second-order valence-electron chi connectivity index (χ2n) is 5.61. The molecular formula is C16H21N3O2. The van der Waals surface area contributed by atoms with E-state index in [0.29, 0.717) is 13.0 Å². The molecule has 21 heavy (non-hydrogen) atoms. The molecule has 1 aromatic heterocycles. The number of amides is 1. The number of aliphatic hydroxyl groups excluding tert-OH is 1. The molecule has 1 unspecified atom stereocenters. The number of imidazole rings is 1. The SMILES string of the molecule is O=C(Cn1cnc2ccccc21)N1CCCCC1CCO. The Balaban J connectivity index is 1.75. The van der Waals surface area contributed by atoms with Crippen molar-refractivity contribution in [1.82, 2.24) is 14.5 Å². The highest BCUT2D eigenvalue weighted by Crippen LogP contribution is 2.20. The molecule has 1 saturated heterocycles. The predicted octanol–water partition coefficient (Wildman–Crippen LogP) is 1.80. The molecule has 2 aromatic rings. The van der Waals surface area contributed by atoms with Crippen LogP contribution in [0, 0.1) is 0 Å². The van der Waals surface area contributed by atoms with Crippen molar-refractivity contribution in [2.45, 2.75) is 38.3 Å². The highest BCUT2D eigenvalue weighted by Gasteiger charge is 2.26. The summed E-state index contributed by atoms with van der Waals surface area (Å²) in [7, 11) is 0. The second-order valence-corrected chi connectivity index (χ2v) is 5.61. The summed E-state index contributed by atoms with van der Waals surface area (Å²) >= 11 is 0. The molecule has 0 spiro atoms. The van der Waals surface area contributed by atoms with E-state index in [9.17, 15) is 4.79 Å². The number of hydrogen-bond acceptors (Lipinski definition) is 3. The number of rotatable bonds is 4. The molecule has 1 atom stereocenters. The lowest BCUT2D eigenvalue weighted by molar-refractivity contribution is -0.135. The van der Waals surface area contributed by atoms with Crippen LogP contribution < -0.4 is 0 Å². The zero-order valence-corrected chi connectivity index (χ0v) is 12.1. The summed E-state index contributed by atoms with van der Waals surface area (Å²) in [5.74, 6) is 0.122. The van der Waals surface area contributed by atoms with Crippen LogP contribution in [0.2, 0.25) is 0 Å². The molecule has 5 nitrogen and oxygen atoms in total. The number of fused-ring (bicyclic) bond motifs is 1. The Bertz CT molecular complexity index is 621.